The summed E-state index contributed by atoms with van der Waals surface area (Å²) in [7, 11) is 0. The highest BCUT2D eigenvalue weighted by atomic mass is 15.1. The van der Waals surface area contributed by atoms with Gasteiger partial charge in [0.2, 0.25) is 0 Å². The van der Waals surface area contributed by atoms with Crippen molar-refractivity contribution in [1.82, 2.24) is 14.5 Å². The maximum Gasteiger partial charge on any atom is 0.145 e. The minimum absolute atomic E-state index is 0.118. The molecule has 0 bridgehead atoms. The molecule has 0 aliphatic heterocycles. The van der Waals surface area contributed by atoms with Gasteiger partial charge in [0.15, 0.2) is 0 Å². The predicted molar refractivity (Wildman–Crippen MR) is 271 cm³/mol. The molecule has 0 atom stereocenters. The third-order valence-electron chi connectivity index (χ3n) is 14.6. The highest BCUT2D eigenvalue weighted by molar-refractivity contribution is 6.16. The first-order chi connectivity index (χ1) is 31.7. The number of para-hydroxylation sites is 3. The number of hydrogen-bond donors (Lipinski definition) is 0. The Morgan fingerprint density at radius 2 is 0.877 bits per heavy atom. The molecule has 0 unspecified atom stereocenters. The van der Waals surface area contributed by atoms with E-state index in [1.807, 2.05) is 0 Å². The summed E-state index contributed by atoms with van der Waals surface area (Å²) >= 11 is 0. The van der Waals surface area contributed by atoms with Crippen LogP contribution in [0.2, 0.25) is 0 Å². The van der Waals surface area contributed by atoms with Gasteiger partial charge >= 0.3 is 0 Å². The topological polar surface area (TPSA) is 30.7 Å². The predicted octanol–water partition coefficient (Wildman–Crippen LogP) is 16.0. The van der Waals surface area contributed by atoms with Crippen molar-refractivity contribution in [2.45, 2.75) is 38.5 Å². The molecule has 0 saturated heterocycles. The SMILES string of the molecule is CC1(C)c2ccccc2-c2ccc(-c3cc(-c4ccc5c(c4)C(C)(C)c4ccccc4-5)c4cc(-c5ccc(-c6nc7ccccc7n6-c6ccccc6)cc5)c5ccccc5c4n3)cc21. The van der Waals surface area contributed by atoms with Gasteiger partial charge in [-0.15, -0.1) is 0 Å². The van der Waals surface area contributed by atoms with Crippen molar-refractivity contribution in [2.75, 3.05) is 0 Å². The Labute approximate surface area is 379 Å². The fraction of sp³-hybridized carbons (Fsp3) is 0.0968. The van der Waals surface area contributed by atoms with E-state index in [4.69, 9.17) is 9.97 Å². The lowest BCUT2D eigenvalue weighted by Crippen LogP contribution is -2.15. The van der Waals surface area contributed by atoms with E-state index in [1.165, 1.54) is 66.6 Å². The largest absolute Gasteiger partial charge is 0.292 e. The molecule has 0 spiro atoms. The minimum atomic E-state index is -0.130. The van der Waals surface area contributed by atoms with Crippen LogP contribution in [0.1, 0.15) is 49.9 Å². The molecule has 2 heterocycles. The second-order valence-corrected chi connectivity index (χ2v) is 19.0. The molecule has 0 saturated carbocycles. The van der Waals surface area contributed by atoms with E-state index < -0.39 is 0 Å². The molecule has 0 N–H and O–H groups in total. The van der Waals surface area contributed by atoms with E-state index in [0.717, 1.165) is 61.2 Å². The Balaban J connectivity index is 1.02. The second kappa shape index (κ2) is 13.8. The molecule has 3 heteroatoms. The summed E-state index contributed by atoms with van der Waals surface area (Å²) in [6.45, 7) is 9.44. The summed E-state index contributed by atoms with van der Waals surface area (Å²) in [5, 5.41) is 3.45. The van der Waals surface area contributed by atoms with Gasteiger partial charge in [0.05, 0.1) is 22.2 Å². The first-order valence-electron chi connectivity index (χ1n) is 22.7. The van der Waals surface area contributed by atoms with Crippen LogP contribution in [-0.2, 0) is 10.8 Å². The van der Waals surface area contributed by atoms with Crippen LogP contribution in [0, 0.1) is 0 Å². The number of fused-ring (bicyclic) bond motifs is 10. The van der Waals surface area contributed by atoms with Crippen molar-refractivity contribution in [2.24, 2.45) is 0 Å². The van der Waals surface area contributed by atoms with E-state index in [1.54, 1.807) is 0 Å². The molecule has 65 heavy (non-hydrogen) atoms. The van der Waals surface area contributed by atoms with E-state index in [9.17, 15) is 0 Å². The van der Waals surface area contributed by atoms with Crippen LogP contribution in [0.5, 0.6) is 0 Å². The van der Waals surface area contributed by atoms with Gasteiger partial charge in [-0.2, -0.15) is 0 Å². The van der Waals surface area contributed by atoms with Gasteiger partial charge in [-0.1, -0.05) is 179 Å². The molecule has 11 aromatic rings. The van der Waals surface area contributed by atoms with Gasteiger partial charge in [0.1, 0.15) is 5.82 Å². The van der Waals surface area contributed by atoms with E-state index in [-0.39, 0.29) is 10.8 Å². The maximum absolute atomic E-state index is 5.65. The van der Waals surface area contributed by atoms with Gasteiger partial charge < -0.3 is 0 Å². The number of nitrogens with zero attached hydrogens (tertiary/aromatic N) is 3. The van der Waals surface area contributed by atoms with Crippen molar-refractivity contribution >= 4 is 32.7 Å². The van der Waals surface area contributed by atoms with Crippen molar-refractivity contribution in [1.29, 1.82) is 0 Å². The molecular weight excluding hydrogens is 787 g/mol. The minimum Gasteiger partial charge on any atom is -0.292 e. The van der Waals surface area contributed by atoms with Crippen molar-refractivity contribution < 1.29 is 0 Å². The van der Waals surface area contributed by atoms with Gasteiger partial charge in [0.25, 0.3) is 0 Å². The quantitative estimate of drug-likeness (QED) is 0.162. The number of pyridine rings is 1. The van der Waals surface area contributed by atoms with Crippen molar-refractivity contribution in [3.63, 3.8) is 0 Å². The van der Waals surface area contributed by atoms with E-state index in [2.05, 4.69) is 232 Å². The summed E-state index contributed by atoms with van der Waals surface area (Å²) in [4.78, 5) is 10.8. The van der Waals surface area contributed by atoms with Gasteiger partial charge in [-0.3, -0.25) is 4.57 Å². The number of imidazole rings is 1. The third-order valence-corrected chi connectivity index (χ3v) is 14.6. The molecule has 0 radical (unpaired) electrons. The van der Waals surface area contributed by atoms with E-state index in [0.29, 0.717) is 0 Å². The van der Waals surface area contributed by atoms with Crippen LogP contribution in [0.3, 0.4) is 0 Å². The van der Waals surface area contributed by atoms with Crippen LogP contribution >= 0.6 is 0 Å². The summed E-state index contributed by atoms with van der Waals surface area (Å²) in [6, 6.07) is 73.4. The molecule has 2 aromatic heterocycles. The molecule has 13 rings (SSSR count). The second-order valence-electron chi connectivity index (χ2n) is 19.0. The smallest absolute Gasteiger partial charge is 0.145 e. The van der Waals surface area contributed by atoms with Gasteiger partial charge in [0, 0.05) is 38.4 Å². The van der Waals surface area contributed by atoms with Crippen LogP contribution in [0.15, 0.2) is 200 Å². The molecule has 2 aliphatic carbocycles. The number of aromatic nitrogens is 3. The van der Waals surface area contributed by atoms with Crippen LogP contribution in [0.25, 0.3) is 106 Å². The number of benzene rings is 9. The fourth-order valence-electron chi connectivity index (χ4n) is 11.3. The van der Waals surface area contributed by atoms with E-state index >= 15 is 0 Å². The number of rotatable bonds is 5. The summed E-state index contributed by atoms with van der Waals surface area (Å²) in [6.07, 6.45) is 0. The normalized spacial score (nSPS) is 14.1. The zero-order valence-electron chi connectivity index (χ0n) is 36.9. The van der Waals surface area contributed by atoms with Crippen molar-refractivity contribution in [3.8, 4) is 72.8 Å². The first kappa shape index (κ1) is 37.7. The van der Waals surface area contributed by atoms with Crippen LogP contribution in [-0.4, -0.2) is 14.5 Å². The van der Waals surface area contributed by atoms with Gasteiger partial charge in [-0.25, -0.2) is 9.97 Å². The highest BCUT2D eigenvalue weighted by Gasteiger charge is 2.37. The average molecular weight is 832 g/mol. The monoisotopic (exact) mass is 831 g/mol. The van der Waals surface area contributed by atoms with Gasteiger partial charge in [-0.05, 0) is 121 Å². The summed E-state index contributed by atoms with van der Waals surface area (Å²) in [5.41, 5.74) is 22.6. The molecule has 308 valence electrons. The average Bonchev–Trinajstić information content (AvgIpc) is 3.93. The third kappa shape index (κ3) is 5.55. The van der Waals surface area contributed by atoms with Crippen LogP contribution < -0.4 is 0 Å². The zero-order valence-corrected chi connectivity index (χ0v) is 36.9. The summed E-state index contributed by atoms with van der Waals surface area (Å²) in [5.74, 6) is 0.923. The lowest BCUT2D eigenvalue weighted by Gasteiger charge is -2.23. The van der Waals surface area contributed by atoms with Crippen LogP contribution in [0.4, 0.5) is 0 Å². The number of hydrogen-bond acceptors (Lipinski definition) is 2. The molecule has 9 aromatic carbocycles. The van der Waals surface area contributed by atoms with Crippen molar-refractivity contribution in [3.05, 3.63) is 222 Å². The zero-order chi connectivity index (χ0) is 43.6. The Hall–Kier alpha value is -7.88. The Bertz CT molecular complexity index is 3760. The first-order valence-corrected chi connectivity index (χ1v) is 22.7. The molecule has 0 fully saturated rings. The fourth-order valence-corrected chi connectivity index (χ4v) is 11.3. The summed E-state index contributed by atoms with van der Waals surface area (Å²) < 4.78 is 2.27. The molecular formula is C62H45N3. The Kier molecular flexibility index (Phi) is 8.00. The maximum atomic E-state index is 5.65. The molecule has 0 amide bonds. The Morgan fingerprint density at radius 3 is 1.58 bits per heavy atom. The highest BCUT2D eigenvalue weighted by Crippen LogP contribution is 2.52. The Morgan fingerprint density at radius 1 is 0.354 bits per heavy atom. The standard InChI is InChI=1S/C62H45N3/c1-61(2)52-22-12-10-19-44(52)46-32-30-40(34-54(46)61)50-37-57(41-31-33-47-45-20-11-13-23-53(45)62(3,4)55(47)35-41)63-59-48-21-9-8-18-43(48)49(36-51(50)59)38-26-28-39(29-27-38)60-64-56-24-14-15-25-58(56)65(60)42-16-6-5-7-17-42/h5-37H,1-4H3. The lowest BCUT2D eigenvalue weighted by molar-refractivity contribution is 0.660. The molecule has 3 nitrogen and oxygen atoms in total. The lowest BCUT2D eigenvalue weighted by atomic mass is 9.81. The molecule has 2 aliphatic rings.